The van der Waals surface area contributed by atoms with Crippen LogP contribution in [0.25, 0.3) is 0 Å². The van der Waals surface area contributed by atoms with Crippen molar-refractivity contribution in [1.82, 2.24) is 0 Å². The van der Waals surface area contributed by atoms with Crippen LogP contribution >= 0.6 is 0 Å². The van der Waals surface area contributed by atoms with Crippen molar-refractivity contribution < 1.29 is 33.2 Å². The molecule has 60 heavy (non-hydrogen) atoms. The first-order valence-electron chi connectivity index (χ1n) is 20.7. The van der Waals surface area contributed by atoms with Gasteiger partial charge in [-0.1, -0.05) is 182 Å². The summed E-state index contributed by atoms with van der Waals surface area (Å²) in [5, 5.41) is 9.06. The van der Waals surface area contributed by atoms with Crippen LogP contribution in [0.4, 0.5) is 0 Å². The lowest BCUT2D eigenvalue weighted by Gasteiger charge is -2.36. The Bertz CT molecular complexity index is 1730. The Kier molecular flexibility index (Phi) is 18.1. The first-order valence-corrected chi connectivity index (χ1v) is 20.7. The molecule has 8 nitrogen and oxygen atoms in total. The van der Waals surface area contributed by atoms with Crippen molar-refractivity contribution in [3.8, 4) is 6.07 Å². The minimum atomic E-state index is -0.796. The van der Waals surface area contributed by atoms with E-state index in [2.05, 4.69) is 78.9 Å². The molecule has 0 N–H and O–H groups in total. The van der Waals surface area contributed by atoms with E-state index in [0.717, 1.165) is 33.4 Å². The summed E-state index contributed by atoms with van der Waals surface area (Å²) < 4.78 is 43.3. The minimum Gasteiger partial charge on any atom is -0.377 e. The zero-order valence-electron chi connectivity index (χ0n) is 34.2. The van der Waals surface area contributed by atoms with E-state index in [-0.39, 0.29) is 12.5 Å². The summed E-state index contributed by atoms with van der Waals surface area (Å²) in [4.78, 5) is 0. The fraction of sp³-hybridized carbons (Fsp3) is 0.288. The molecule has 8 heteroatoms. The van der Waals surface area contributed by atoms with Crippen LogP contribution in [0.5, 0.6) is 0 Å². The van der Waals surface area contributed by atoms with Crippen LogP contribution in [0, 0.1) is 11.3 Å². The Morgan fingerprint density at radius 2 is 0.617 bits per heavy atom. The van der Waals surface area contributed by atoms with Crippen molar-refractivity contribution in [2.45, 2.75) is 23.7 Å². The maximum Gasteiger partial charge on any atom is 0.143 e. The molecule has 0 fully saturated rings. The molecule has 310 valence electrons. The van der Waals surface area contributed by atoms with Crippen LogP contribution in [0.1, 0.15) is 39.8 Å². The molecule has 0 bridgehead atoms. The van der Waals surface area contributed by atoms with Gasteiger partial charge in [0.15, 0.2) is 0 Å². The van der Waals surface area contributed by atoms with Gasteiger partial charge in [0, 0.05) is 0 Å². The molecule has 0 atom stereocenters. The summed E-state index contributed by atoms with van der Waals surface area (Å²) in [5.74, 6) is 0. The summed E-state index contributed by atoms with van der Waals surface area (Å²) in [7, 11) is 0. The van der Waals surface area contributed by atoms with E-state index < -0.39 is 11.2 Å². The second-order valence-corrected chi connectivity index (χ2v) is 14.0. The van der Waals surface area contributed by atoms with Gasteiger partial charge in [-0.15, -0.1) is 0 Å². The largest absolute Gasteiger partial charge is 0.377 e. The topological polar surface area (TPSA) is 88.4 Å². The van der Waals surface area contributed by atoms with Gasteiger partial charge in [-0.3, -0.25) is 0 Å². The summed E-state index contributed by atoms with van der Waals surface area (Å²) in [6.45, 7) is 3.95. The number of nitrogens with zero attached hydrogens (tertiary/aromatic N) is 1. The third-order valence-electron chi connectivity index (χ3n) is 10.1. The Morgan fingerprint density at radius 3 is 0.900 bits per heavy atom. The van der Waals surface area contributed by atoms with Gasteiger partial charge in [-0.25, -0.2) is 0 Å². The van der Waals surface area contributed by atoms with Gasteiger partial charge in [0.2, 0.25) is 0 Å². The Morgan fingerprint density at radius 1 is 0.350 bits per heavy atom. The number of hydrogen-bond donors (Lipinski definition) is 0. The molecule has 0 unspecified atom stereocenters. The molecule has 0 amide bonds. The molecular formula is C52H55NO7. The van der Waals surface area contributed by atoms with E-state index in [0.29, 0.717) is 72.7 Å². The quantitative estimate of drug-likeness (QED) is 0.0376. The van der Waals surface area contributed by atoms with Crippen LogP contribution in [-0.4, -0.2) is 78.8 Å². The molecule has 0 aliphatic heterocycles. The summed E-state index contributed by atoms with van der Waals surface area (Å²) in [6.07, 6.45) is -0.0493. The monoisotopic (exact) mass is 805 g/mol. The normalized spacial score (nSPS) is 11.7. The summed E-state index contributed by atoms with van der Waals surface area (Å²) >= 11 is 0. The average Bonchev–Trinajstić information content (AvgIpc) is 3.32. The molecular weight excluding hydrogens is 751 g/mol. The van der Waals surface area contributed by atoms with Crippen LogP contribution in [-0.2, 0) is 44.4 Å². The average molecular weight is 806 g/mol. The van der Waals surface area contributed by atoms with Crippen LogP contribution < -0.4 is 0 Å². The van der Waals surface area contributed by atoms with E-state index >= 15 is 0 Å². The van der Waals surface area contributed by atoms with Gasteiger partial charge in [0.25, 0.3) is 0 Å². The fourth-order valence-corrected chi connectivity index (χ4v) is 7.33. The SMILES string of the molecule is N#CCCOC(COCCOCCOC(c1ccccc1)(c1ccccc1)c1ccccc1)COCCOCCOC(c1ccccc1)(c1ccccc1)c1ccccc1. The molecule has 0 saturated carbocycles. The van der Waals surface area contributed by atoms with E-state index in [1.807, 2.05) is 109 Å². The predicted octanol–water partition coefficient (Wildman–Crippen LogP) is 9.37. The lowest BCUT2D eigenvalue weighted by Crippen LogP contribution is -2.34. The molecule has 0 heterocycles. The molecule has 0 aliphatic carbocycles. The highest BCUT2D eigenvalue weighted by atomic mass is 16.6. The number of rotatable bonds is 27. The highest BCUT2D eigenvalue weighted by molar-refractivity contribution is 5.48. The number of hydrogen-bond acceptors (Lipinski definition) is 8. The number of nitriles is 1. The standard InChI is InChI=1S/C52H55NO7/c53-32-19-33-58-50(42-56-36-34-54-38-40-59-51(44-20-7-1-8-21-44,45-22-9-2-10-23-45)46-24-11-3-12-25-46)43-57-37-35-55-39-41-60-52(47-26-13-4-14-27-47,48-28-15-5-16-29-48)49-30-17-6-18-31-49/h1-18,20-31,50H,19,33-43H2. The van der Waals surface area contributed by atoms with Gasteiger partial charge in [0.05, 0.1) is 85.2 Å². The molecule has 0 spiro atoms. The van der Waals surface area contributed by atoms with E-state index in [1.165, 1.54) is 0 Å². The highest BCUT2D eigenvalue weighted by Gasteiger charge is 2.38. The smallest absolute Gasteiger partial charge is 0.143 e. The second-order valence-electron chi connectivity index (χ2n) is 14.0. The van der Waals surface area contributed by atoms with Gasteiger partial charge in [-0.2, -0.15) is 5.26 Å². The Labute approximate surface area is 355 Å². The van der Waals surface area contributed by atoms with Crippen molar-refractivity contribution in [1.29, 1.82) is 5.26 Å². The Balaban J connectivity index is 0.926. The first-order chi connectivity index (χ1) is 29.8. The molecule has 0 aliphatic rings. The lowest BCUT2D eigenvalue weighted by atomic mass is 9.80. The number of benzene rings is 6. The van der Waals surface area contributed by atoms with Gasteiger partial charge in [-0.05, 0) is 33.4 Å². The molecule has 6 aromatic carbocycles. The van der Waals surface area contributed by atoms with E-state index in [9.17, 15) is 0 Å². The van der Waals surface area contributed by atoms with Crippen molar-refractivity contribution >= 4 is 0 Å². The van der Waals surface area contributed by atoms with E-state index in [4.69, 9.17) is 38.4 Å². The van der Waals surface area contributed by atoms with Gasteiger partial charge >= 0.3 is 0 Å². The first kappa shape index (κ1) is 44.1. The van der Waals surface area contributed by atoms with Crippen molar-refractivity contribution in [3.05, 3.63) is 215 Å². The third-order valence-corrected chi connectivity index (χ3v) is 10.1. The number of ether oxygens (including phenoxy) is 7. The fourth-order valence-electron chi connectivity index (χ4n) is 7.33. The minimum absolute atomic E-state index is 0.287. The van der Waals surface area contributed by atoms with Crippen molar-refractivity contribution in [3.63, 3.8) is 0 Å². The van der Waals surface area contributed by atoms with Gasteiger partial charge < -0.3 is 33.2 Å². The van der Waals surface area contributed by atoms with Crippen LogP contribution in [0.3, 0.4) is 0 Å². The zero-order chi connectivity index (χ0) is 41.4. The second kappa shape index (κ2) is 24.6. The van der Waals surface area contributed by atoms with Gasteiger partial charge in [0.1, 0.15) is 17.3 Å². The van der Waals surface area contributed by atoms with Crippen LogP contribution in [0.2, 0.25) is 0 Å². The molecule has 6 rings (SSSR count). The predicted molar refractivity (Wildman–Crippen MR) is 234 cm³/mol. The highest BCUT2D eigenvalue weighted by Crippen LogP contribution is 2.41. The maximum atomic E-state index is 9.06. The third kappa shape index (κ3) is 12.1. The van der Waals surface area contributed by atoms with Crippen molar-refractivity contribution in [2.24, 2.45) is 0 Å². The molecule has 0 saturated heterocycles. The maximum absolute atomic E-state index is 9.06. The van der Waals surface area contributed by atoms with Crippen molar-refractivity contribution in [2.75, 3.05) is 72.7 Å². The Hall–Kier alpha value is -5.47. The molecule has 0 aromatic heterocycles. The molecule has 6 aromatic rings. The van der Waals surface area contributed by atoms with Crippen LogP contribution in [0.15, 0.2) is 182 Å². The summed E-state index contributed by atoms with van der Waals surface area (Å²) in [5.41, 5.74) is 4.68. The zero-order valence-corrected chi connectivity index (χ0v) is 34.2. The molecule has 0 radical (unpaired) electrons. The lowest BCUT2D eigenvalue weighted by molar-refractivity contribution is -0.0787. The summed E-state index contributed by atoms with van der Waals surface area (Å²) in [6, 6.07) is 63.9. The van der Waals surface area contributed by atoms with E-state index in [1.54, 1.807) is 0 Å².